The zero-order valence-corrected chi connectivity index (χ0v) is 13.3. The van der Waals surface area contributed by atoms with Crippen molar-refractivity contribution in [1.29, 1.82) is 0 Å². The molecule has 0 fully saturated rings. The van der Waals surface area contributed by atoms with Crippen molar-refractivity contribution in [3.8, 4) is 5.69 Å². The van der Waals surface area contributed by atoms with Crippen LogP contribution in [0.2, 0.25) is 5.02 Å². The first-order chi connectivity index (χ1) is 10.8. The van der Waals surface area contributed by atoms with Crippen molar-refractivity contribution in [2.45, 2.75) is 20.4 Å². The molecule has 2 rings (SSSR count). The normalized spacial score (nSPS) is 10.6. The second-order valence-electron chi connectivity index (χ2n) is 4.73. The maximum absolute atomic E-state index is 13.3. The summed E-state index contributed by atoms with van der Waals surface area (Å²) >= 11 is 5.73. The van der Waals surface area contributed by atoms with Crippen LogP contribution >= 0.6 is 11.6 Å². The Morgan fingerprint density at radius 1 is 1.30 bits per heavy atom. The van der Waals surface area contributed by atoms with E-state index in [2.05, 4.69) is 0 Å². The van der Waals surface area contributed by atoms with Gasteiger partial charge in [0.25, 0.3) is 5.56 Å². The van der Waals surface area contributed by atoms with Gasteiger partial charge in [-0.3, -0.25) is 14.2 Å². The predicted octanol–water partition coefficient (Wildman–Crippen LogP) is 1.66. The highest BCUT2D eigenvalue weighted by Crippen LogP contribution is 2.18. The molecule has 0 aliphatic carbocycles. The van der Waals surface area contributed by atoms with E-state index in [9.17, 15) is 18.8 Å². The molecule has 0 bridgehead atoms. The van der Waals surface area contributed by atoms with Crippen LogP contribution in [-0.2, 0) is 16.1 Å². The largest absolute Gasteiger partial charge is 0.465 e. The Bertz CT molecular complexity index is 873. The van der Waals surface area contributed by atoms with E-state index in [4.69, 9.17) is 16.3 Å². The van der Waals surface area contributed by atoms with Crippen LogP contribution in [0.3, 0.4) is 0 Å². The third-order valence-corrected chi connectivity index (χ3v) is 3.42. The summed E-state index contributed by atoms with van der Waals surface area (Å²) in [4.78, 5) is 36.0. The summed E-state index contributed by atoms with van der Waals surface area (Å²) in [6, 6.07) is 4.95. The van der Waals surface area contributed by atoms with E-state index in [0.29, 0.717) is 5.69 Å². The topological polar surface area (TPSA) is 70.3 Å². The highest BCUT2D eigenvalue weighted by atomic mass is 35.5. The fourth-order valence-corrected chi connectivity index (χ4v) is 2.28. The van der Waals surface area contributed by atoms with Gasteiger partial charge in [0.1, 0.15) is 12.4 Å². The first kappa shape index (κ1) is 17.0. The molecule has 2 aromatic rings. The molecule has 1 heterocycles. The van der Waals surface area contributed by atoms with E-state index in [-0.39, 0.29) is 17.3 Å². The van der Waals surface area contributed by atoms with E-state index in [0.717, 1.165) is 10.6 Å². The molecule has 0 saturated heterocycles. The molecule has 23 heavy (non-hydrogen) atoms. The van der Waals surface area contributed by atoms with Gasteiger partial charge >= 0.3 is 11.7 Å². The molecule has 0 aliphatic rings. The maximum Gasteiger partial charge on any atom is 0.336 e. The first-order valence-electron chi connectivity index (χ1n) is 6.79. The Hall–Kier alpha value is -2.41. The van der Waals surface area contributed by atoms with Crippen molar-refractivity contribution < 1.29 is 13.9 Å². The molecule has 6 nitrogen and oxygen atoms in total. The zero-order chi connectivity index (χ0) is 17.1. The number of ether oxygens (including phenoxy) is 1. The van der Waals surface area contributed by atoms with Gasteiger partial charge in [0.2, 0.25) is 0 Å². The predicted molar refractivity (Wildman–Crippen MR) is 82.6 cm³/mol. The second-order valence-corrected chi connectivity index (χ2v) is 5.14. The quantitative estimate of drug-likeness (QED) is 0.794. The molecule has 8 heteroatoms. The van der Waals surface area contributed by atoms with Gasteiger partial charge in [-0.05, 0) is 32.0 Å². The molecule has 0 N–H and O–H groups in total. The van der Waals surface area contributed by atoms with Crippen LogP contribution in [0.25, 0.3) is 5.69 Å². The monoisotopic (exact) mass is 340 g/mol. The minimum absolute atomic E-state index is 0.140. The van der Waals surface area contributed by atoms with Crippen molar-refractivity contribution in [2.75, 3.05) is 6.61 Å². The van der Waals surface area contributed by atoms with E-state index < -0.39 is 29.6 Å². The van der Waals surface area contributed by atoms with Gasteiger partial charge in [0.05, 0.1) is 17.3 Å². The summed E-state index contributed by atoms with van der Waals surface area (Å²) in [5.74, 6) is -1.32. The van der Waals surface area contributed by atoms with Gasteiger partial charge in [-0.2, -0.15) is 0 Å². The third kappa shape index (κ3) is 3.50. The first-order valence-corrected chi connectivity index (χ1v) is 7.17. The number of aryl methyl sites for hydroxylation is 1. The number of halogens is 2. The number of hydrogen-bond acceptors (Lipinski definition) is 4. The van der Waals surface area contributed by atoms with Crippen LogP contribution in [-0.4, -0.2) is 21.7 Å². The average molecular weight is 341 g/mol. The molecule has 1 aromatic carbocycles. The summed E-state index contributed by atoms with van der Waals surface area (Å²) in [6.07, 6.45) is 0. The molecule has 0 spiro atoms. The van der Waals surface area contributed by atoms with Crippen LogP contribution in [0.15, 0.2) is 33.9 Å². The molecule has 1 aromatic heterocycles. The highest BCUT2D eigenvalue weighted by molar-refractivity contribution is 6.30. The molecule has 122 valence electrons. The number of aromatic nitrogens is 2. The molecule has 0 saturated carbocycles. The standard InChI is InChI=1S/C15H14ClFN2O4/c1-3-23-14(21)8-18-13(20)6-9(2)19(15(18)22)10-4-5-12(17)11(16)7-10/h4-7H,3,8H2,1-2H3. The summed E-state index contributed by atoms with van der Waals surface area (Å²) in [7, 11) is 0. The maximum atomic E-state index is 13.3. The van der Waals surface area contributed by atoms with Crippen LogP contribution in [0.4, 0.5) is 4.39 Å². The molecule has 0 atom stereocenters. The average Bonchev–Trinajstić information content (AvgIpc) is 2.47. The molecule has 0 unspecified atom stereocenters. The van der Waals surface area contributed by atoms with Crippen LogP contribution < -0.4 is 11.2 Å². The fourth-order valence-electron chi connectivity index (χ4n) is 2.11. The summed E-state index contributed by atoms with van der Waals surface area (Å²) in [5.41, 5.74) is -0.727. The van der Waals surface area contributed by atoms with E-state index in [1.54, 1.807) is 13.8 Å². The highest BCUT2D eigenvalue weighted by Gasteiger charge is 2.14. The lowest BCUT2D eigenvalue weighted by Crippen LogP contribution is -2.41. The molecular weight excluding hydrogens is 327 g/mol. The molecule has 0 aliphatic heterocycles. The van der Waals surface area contributed by atoms with Crippen molar-refractivity contribution >= 4 is 17.6 Å². The number of carbonyl (C=O) groups is 1. The third-order valence-electron chi connectivity index (χ3n) is 3.13. The van der Waals surface area contributed by atoms with Gasteiger partial charge in [0.15, 0.2) is 0 Å². The Labute approximate surface area is 135 Å². The molecule has 0 amide bonds. The van der Waals surface area contributed by atoms with Gasteiger partial charge in [0, 0.05) is 11.8 Å². The zero-order valence-electron chi connectivity index (χ0n) is 12.5. The number of esters is 1. The fraction of sp³-hybridized carbons (Fsp3) is 0.267. The lowest BCUT2D eigenvalue weighted by molar-refractivity contribution is -0.143. The number of carbonyl (C=O) groups excluding carboxylic acids is 1. The van der Waals surface area contributed by atoms with Crippen molar-refractivity contribution in [3.63, 3.8) is 0 Å². The van der Waals surface area contributed by atoms with Crippen LogP contribution in [0, 0.1) is 12.7 Å². The molecular formula is C15H14ClFN2O4. The van der Waals surface area contributed by atoms with Gasteiger partial charge in [-0.1, -0.05) is 11.6 Å². The lowest BCUT2D eigenvalue weighted by Gasteiger charge is -2.13. The number of nitrogens with zero attached hydrogens (tertiary/aromatic N) is 2. The van der Waals surface area contributed by atoms with E-state index >= 15 is 0 Å². The van der Waals surface area contributed by atoms with Gasteiger partial charge < -0.3 is 4.74 Å². The van der Waals surface area contributed by atoms with Crippen molar-refractivity contribution in [1.82, 2.24) is 9.13 Å². The number of hydrogen-bond donors (Lipinski definition) is 0. The minimum Gasteiger partial charge on any atom is -0.465 e. The molecule has 0 radical (unpaired) electrons. The number of benzene rings is 1. The smallest absolute Gasteiger partial charge is 0.336 e. The van der Waals surface area contributed by atoms with Gasteiger partial charge in [-0.15, -0.1) is 0 Å². The Kier molecular flexibility index (Phi) is 5.00. The van der Waals surface area contributed by atoms with Crippen LogP contribution in [0.1, 0.15) is 12.6 Å². The Balaban J connectivity index is 2.61. The second kappa shape index (κ2) is 6.78. The minimum atomic E-state index is -0.731. The van der Waals surface area contributed by atoms with Crippen molar-refractivity contribution in [2.24, 2.45) is 0 Å². The summed E-state index contributed by atoms with van der Waals surface area (Å²) < 4.78 is 20.0. The van der Waals surface area contributed by atoms with Crippen LogP contribution in [0.5, 0.6) is 0 Å². The Morgan fingerprint density at radius 2 is 2.00 bits per heavy atom. The SMILES string of the molecule is CCOC(=O)Cn1c(=O)cc(C)n(-c2ccc(F)c(Cl)c2)c1=O. The van der Waals surface area contributed by atoms with E-state index in [1.165, 1.54) is 22.8 Å². The summed E-state index contributed by atoms with van der Waals surface area (Å²) in [5, 5.41) is -0.156. The van der Waals surface area contributed by atoms with E-state index in [1.807, 2.05) is 0 Å². The lowest BCUT2D eigenvalue weighted by atomic mass is 10.3. The van der Waals surface area contributed by atoms with Crippen molar-refractivity contribution in [3.05, 3.63) is 61.6 Å². The number of rotatable bonds is 4. The Morgan fingerprint density at radius 3 is 2.61 bits per heavy atom. The summed E-state index contributed by atoms with van der Waals surface area (Å²) in [6.45, 7) is 2.81. The van der Waals surface area contributed by atoms with Gasteiger partial charge in [-0.25, -0.2) is 13.8 Å².